The molecule has 1 saturated carbocycles. The number of benzene rings is 2. The Labute approximate surface area is 284 Å². The highest BCUT2D eigenvalue weighted by atomic mass is 35.5. The van der Waals surface area contributed by atoms with Crippen molar-refractivity contribution in [2.24, 2.45) is 11.8 Å². The fraction of sp³-hybridized carbons (Fsp3) is 0.556. The lowest BCUT2D eigenvalue weighted by Crippen LogP contribution is -2.44. The van der Waals surface area contributed by atoms with Crippen molar-refractivity contribution in [3.63, 3.8) is 0 Å². The number of carbonyl (C=O) groups excluding carboxylic acids is 2. The van der Waals surface area contributed by atoms with Crippen LogP contribution in [0.2, 0.25) is 5.02 Å². The van der Waals surface area contributed by atoms with E-state index in [1.807, 2.05) is 31.2 Å². The molecule has 3 aliphatic rings. The Kier molecular flexibility index (Phi) is 11.9. The maximum Gasteiger partial charge on any atom is 0.264 e. The molecule has 0 aromatic heterocycles. The monoisotopic (exact) mass is 685 g/mol. The second-order valence-corrected chi connectivity index (χ2v) is 15.6. The van der Waals surface area contributed by atoms with Crippen molar-refractivity contribution >= 4 is 39.1 Å². The van der Waals surface area contributed by atoms with Gasteiger partial charge >= 0.3 is 0 Å². The number of nitrogens with one attached hydrogen (secondary N) is 1. The number of anilines is 1. The lowest BCUT2D eigenvalue weighted by molar-refractivity contribution is -0.130. The zero-order chi connectivity index (χ0) is 33.6. The molecule has 256 valence electrons. The molecule has 0 spiro atoms. The van der Waals surface area contributed by atoms with E-state index >= 15 is 0 Å². The summed E-state index contributed by atoms with van der Waals surface area (Å²) in [5, 5.41) is -0.0141. The van der Waals surface area contributed by atoms with Gasteiger partial charge in [0.05, 0.1) is 30.1 Å². The molecule has 2 aromatic rings. The minimum Gasteiger partial charge on any atom is -0.487 e. The van der Waals surface area contributed by atoms with Crippen molar-refractivity contribution in [3.05, 3.63) is 70.3 Å². The number of sulfonamides is 1. The minimum absolute atomic E-state index is 0.0192. The van der Waals surface area contributed by atoms with Gasteiger partial charge in [-0.05, 0) is 105 Å². The van der Waals surface area contributed by atoms with Crippen LogP contribution < -0.4 is 14.4 Å². The predicted octanol–water partition coefficient (Wildman–Crippen LogP) is 6.14. The number of ether oxygens (including phenoxy) is 2. The van der Waals surface area contributed by atoms with Crippen LogP contribution in [-0.4, -0.2) is 70.3 Å². The average molecular weight is 686 g/mol. The van der Waals surface area contributed by atoms with Crippen molar-refractivity contribution in [1.82, 2.24) is 9.62 Å². The minimum atomic E-state index is -3.92. The number of hydrogen-bond acceptors (Lipinski definition) is 7. The molecule has 5 rings (SSSR count). The number of carbonyl (C=O) groups is 2. The van der Waals surface area contributed by atoms with E-state index in [1.165, 1.54) is 5.56 Å². The summed E-state index contributed by atoms with van der Waals surface area (Å²) in [7, 11) is -0.428. The summed E-state index contributed by atoms with van der Waals surface area (Å²) in [4.78, 5) is 29.6. The van der Waals surface area contributed by atoms with Gasteiger partial charge in [0, 0.05) is 37.8 Å². The predicted molar refractivity (Wildman–Crippen MR) is 185 cm³/mol. The van der Waals surface area contributed by atoms with Crippen LogP contribution in [0.5, 0.6) is 5.75 Å². The fourth-order valence-electron chi connectivity index (χ4n) is 6.81. The molecule has 2 bridgehead atoms. The van der Waals surface area contributed by atoms with Crippen molar-refractivity contribution in [2.75, 3.05) is 38.7 Å². The normalized spacial score (nSPS) is 25.4. The van der Waals surface area contributed by atoms with Crippen LogP contribution in [-0.2, 0) is 32.6 Å². The topological polar surface area (TPSA) is 105 Å². The third-order valence-corrected chi connectivity index (χ3v) is 12.0. The SMILES string of the molecule is CC[C@@H]1CC/C=C/[C@H](OCCC(=O)N(C)C)[C@@H]2CC[C@H]2CN2CCCCc3cc(Cl)ccc3COc3ccc(cc32)C(=O)NS1(=O)=O. The summed E-state index contributed by atoms with van der Waals surface area (Å²) in [5.41, 5.74) is 3.30. The highest BCUT2D eigenvalue weighted by Crippen LogP contribution is 2.42. The molecule has 2 aromatic carbocycles. The van der Waals surface area contributed by atoms with Gasteiger partial charge in [-0.15, -0.1) is 0 Å². The zero-order valence-electron chi connectivity index (χ0n) is 27.8. The lowest BCUT2D eigenvalue weighted by Gasteiger charge is -2.44. The second-order valence-electron chi connectivity index (χ2n) is 13.2. The number of hydrogen-bond donors (Lipinski definition) is 1. The summed E-state index contributed by atoms with van der Waals surface area (Å²) < 4.78 is 41.9. The van der Waals surface area contributed by atoms with Gasteiger partial charge in [0.25, 0.3) is 5.91 Å². The van der Waals surface area contributed by atoms with E-state index in [-0.39, 0.29) is 23.5 Å². The van der Waals surface area contributed by atoms with Crippen LogP contribution in [0.15, 0.2) is 48.6 Å². The van der Waals surface area contributed by atoms with Crippen LogP contribution in [0.4, 0.5) is 5.69 Å². The molecule has 4 atom stereocenters. The number of allylic oxidation sites excluding steroid dienone is 1. The quantitative estimate of drug-likeness (QED) is 0.377. The first-order chi connectivity index (χ1) is 22.6. The smallest absolute Gasteiger partial charge is 0.264 e. The molecule has 0 unspecified atom stereocenters. The molecule has 2 heterocycles. The number of amides is 2. The maximum absolute atomic E-state index is 13.4. The molecule has 0 saturated heterocycles. The molecule has 2 aliphatic heterocycles. The Morgan fingerprint density at radius 1 is 1.11 bits per heavy atom. The third-order valence-electron chi connectivity index (χ3n) is 9.83. The molecule has 1 aliphatic carbocycles. The molecule has 0 radical (unpaired) electrons. The van der Waals surface area contributed by atoms with Crippen LogP contribution in [0.3, 0.4) is 0 Å². The van der Waals surface area contributed by atoms with E-state index in [9.17, 15) is 18.0 Å². The average Bonchev–Trinajstić information content (AvgIpc) is 3.05. The maximum atomic E-state index is 13.4. The van der Waals surface area contributed by atoms with Gasteiger partial charge in [0.15, 0.2) is 0 Å². The Bertz CT molecular complexity index is 1560. The molecule has 9 nitrogen and oxygen atoms in total. The zero-order valence-corrected chi connectivity index (χ0v) is 29.3. The highest BCUT2D eigenvalue weighted by molar-refractivity contribution is 7.90. The Morgan fingerprint density at radius 2 is 1.94 bits per heavy atom. The first kappa shape index (κ1) is 35.2. The van der Waals surface area contributed by atoms with Gasteiger partial charge in [-0.1, -0.05) is 36.7 Å². The largest absolute Gasteiger partial charge is 0.487 e. The summed E-state index contributed by atoms with van der Waals surface area (Å²) in [5.74, 6) is 0.610. The molecule has 1 N–H and O–H groups in total. The van der Waals surface area contributed by atoms with Gasteiger partial charge in [0.2, 0.25) is 15.9 Å². The summed E-state index contributed by atoms with van der Waals surface area (Å²) in [6, 6.07) is 11.1. The number of nitrogens with zero attached hydrogens (tertiary/aromatic N) is 2. The van der Waals surface area contributed by atoms with Crippen molar-refractivity contribution in [3.8, 4) is 5.75 Å². The van der Waals surface area contributed by atoms with E-state index < -0.39 is 21.2 Å². The van der Waals surface area contributed by atoms with E-state index in [1.54, 1.807) is 37.2 Å². The van der Waals surface area contributed by atoms with E-state index in [0.717, 1.165) is 56.4 Å². The van der Waals surface area contributed by atoms with Gasteiger partial charge in [0.1, 0.15) is 12.4 Å². The molecule has 2 amide bonds. The van der Waals surface area contributed by atoms with Gasteiger partial charge < -0.3 is 19.3 Å². The standard InChI is InChI=1S/C36H48ClN3O6S/c1-4-30-10-5-6-11-33(45-20-18-35(41)39(2)3)31-16-13-27(31)23-40-19-8-7-9-25-21-29(37)15-12-28(25)24-46-34-17-14-26(22-32(34)40)36(42)38-47(30,43)44/h6,11-12,14-15,17,21-22,27,30-31,33H,4-5,7-10,13,16,18-20,23-24H2,1-3H3,(H,38,42)/b11-6+/t27-,30+,31+,33-/m0/s1. The van der Waals surface area contributed by atoms with Crippen molar-refractivity contribution in [2.45, 2.75) is 82.7 Å². The number of aryl methyl sites for hydroxylation is 1. The van der Waals surface area contributed by atoms with Gasteiger partial charge in [-0.2, -0.15) is 0 Å². The molecule has 47 heavy (non-hydrogen) atoms. The van der Waals surface area contributed by atoms with Crippen LogP contribution in [0, 0.1) is 11.8 Å². The second kappa shape index (κ2) is 15.9. The van der Waals surface area contributed by atoms with Crippen molar-refractivity contribution in [1.29, 1.82) is 0 Å². The first-order valence-corrected chi connectivity index (χ1v) is 18.8. The van der Waals surface area contributed by atoms with E-state index in [0.29, 0.717) is 55.6 Å². The summed E-state index contributed by atoms with van der Waals surface area (Å²) in [6.07, 6.45) is 10.3. The molecular weight excluding hydrogens is 638 g/mol. The van der Waals surface area contributed by atoms with Crippen LogP contribution >= 0.6 is 11.6 Å². The van der Waals surface area contributed by atoms with Crippen LogP contribution in [0.1, 0.15) is 79.8 Å². The molecule has 11 heteroatoms. The Balaban J connectivity index is 1.49. The summed E-state index contributed by atoms with van der Waals surface area (Å²) >= 11 is 6.34. The van der Waals surface area contributed by atoms with E-state index in [2.05, 4.69) is 15.7 Å². The first-order valence-electron chi connectivity index (χ1n) is 16.9. The third kappa shape index (κ3) is 8.89. The summed E-state index contributed by atoms with van der Waals surface area (Å²) in [6.45, 7) is 3.98. The number of halogens is 1. The highest BCUT2D eigenvalue weighted by Gasteiger charge is 2.38. The lowest BCUT2D eigenvalue weighted by atomic mass is 9.70. The van der Waals surface area contributed by atoms with Crippen LogP contribution in [0.25, 0.3) is 0 Å². The molecular formula is C36H48ClN3O6S. The fourth-order valence-corrected chi connectivity index (χ4v) is 8.43. The van der Waals surface area contributed by atoms with Gasteiger partial charge in [-0.3, -0.25) is 9.59 Å². The van der Waals surface area contributed by atoms with E-state index in [4.69, 9.17) is 21.1 Å². The number of fused-ring (bicyclic) bond motifs is 3. The molecule has 1 fully saturated rings. The van der Waals surface area contributed by atoms with Gasteiger partial charge in [-0.25, -0.2) is 13.1 Å². The number of rotatable bonds is 5. The van der Waals surface area contributed by atoms with Crippen molar-refractivity contribution < 1.29 is 27.5 Å². The Morgan fingerprint density at radius 3 is 2.68 bits per heavy atom. The Hall–Kier alpha value is -3.08.